The number of fused-ring (bicyclic) bond motifs is 2. The molecule has 0 spiro atoms. The number of rotatable bonds is 3. The van der Waals surface area contributed by atoms with E-state index >= 15 is 0 Å². The summed E-state index contributed by atoms with van der Waals surface area (Å²) in [5, 5.41) is 0. The molecule has 0 aromatic heterocycles. The van der Waals surface area contributed by atoms with Crippen molar-refractivity contribution in [2.75, 3.05) is 13.2 Å². The molecule has 4 heteroatoms. The summed E-state index contributed by atoms with van der Waals surface area (Å²) in [6.45, 7) is 6.44. The first-order valence-electron chi connectivity index (χ1n) is 8.76. The van der Waals surface area contributed by atoms with Gasteiger partial charge in [0.05, 0.1) is 6.61 Å². The molecule has 0 N–H and O–H groups in total. The van der Waals surface area contributed by atoms with Gasteiger partial charge in [-0.25, -0.2) is 4.79 Å². The number of benzene rings is 2. The fraction of sp³-hybridized carbons (Fsp3) is 0.273. The summed E-state index contributed by atoms with van der Waals surface area (Å²) in [4.78, 5) is 25.7. The van der Waals surface area contributed by atoms with E-state index in [0.717, 1.165) is 17.5 Å². The molecule has 4 nitrogen and oxygen atoms in total. The van der Waals surface area contributed by atoms with Gasteiger partial charge < -0.3 is 9.47 Å². The molecular formula is C22H20O4. The number of carbonyl (C=O) groups excluding carboxylic acids is 2. The minimum absolute atomic E-state index is 0.0443. The molecular weight excluding hydrogens is 328 g/mol. The standard InChI is InChI=1S/C22H20O4/c1-14(2)21(24)26-22(15-11-12-25-13-15)18-9-5-3-7-16(18)20(23)17-8-4-6-10-19(17)22/h3-10,15H,1,11-13H2,2H3. The average Bonchev–Trinajstić information content (AvgIpc) is 3.20. The molecule has 1 unspecified atom stereocenters. The fourth-order valence-corrected chi connectivity index (χ4v) is 4.02. The van der Waals surface area contributed by atoms with Gasteiger partial charge in [-0.1, -0.05) is 55.1 Å². The SMILES string of the molecule is C=C(C)C(=O)OC1(C2CCOC2)c2ccccc2C(=O)c2ccccc21. The van der Waals surface area contributed by atoms with Gasteiger partial charge in [-0.05, 0) is 13.3 Å². The summed E-state index contributed by atoms with van der Waals surface area (Å²) in [6, 6.07) is 14.8. The third-order valence-electron chi connectivity index (χ3n) is 5.25. The smallest absolute Gasteiger partial charge is 0.334 e. The van der Waals surface area contributed by atoms with E-state index in [1.807, 2.05) is 36.4 Å². The maximum absolute atomic E-state index is 13.0. The zero-order valence-electron chi connectivity index (χ0n) is 14.7. The first kappa shape index (κ1) is 16.7. The van der Waals surface area contributed by atoms with Gasteiger partial charge >= 0.3 is 5.97 Å². The zero-order valence-corrected chi connectivity index (χ0v) is 14.7. The highest BCUT2D eigenvalue weighted by molar-refractivity contribution is 6.13. The van der Waals surface area contributed by atoms with E-state index in [0.29, 0.717) is 29.9 Å². The number of esters is 1. The van der Waals surface area contributed by atoms with Gasteiger partial charge in [0.15, 0.2) is 11.4 Å². The van der Waals surface area contributed by atoms with Gasteiger partial charge in [-0.3, -0.25) is 4.79 Å². The molecule has 1 heterocycles. The van der Waals surface area contributed by atoms with Crippen molar-refractivity contribution in [1.29, 1.82) is 0 Å². The van der Waals surface area contributed by atoms with Crippen LogP contribution >= 0.6 is 0 Å². The number of ketones is 1. The molecule has 1 saturated heterocycles. The van der Waals surface area contributed by atoms with Gasteiger partial charge in [0.2, 0.25) is 0 Å². The Morgan fingerprint density at radius 3 is 2.19 bits per heavy atom. The lowest BCUT2D eigenvalue weighted by atomic mass is 9.67. The van der Waals surface area contributed by atoms with Gasteiger partial charge in [-0.2, -0.15) is 0 Å². The predicted molar refractivity (Wildman–Crippen MR) is 96.9 cm³/mol. The quantitative estimate of drug-likeness (QED) is 0.628. The number of ether oxygens (including phenoxy) is 2. The highest BCUT2D eigenvalue weighted by atomic mass is 16.6. The lowest BCUT2D eigenvalue weighted by Gasteiger charge is -2.43. The fourth-order valence-electron chi connectivity index (χ4n) is 4.02. The summed E-state index contributed by atoms with van der Waals surface area (Å²) >= 11 is 0. The van der Waals surface area contributed by atoms with Crippen molar-refractivity contribution in [1.82, 2.24) is 0 Å². The summed E-state index contributed by atoms with van der Waals surface area (Å²) in [5.41, 5.74) is 1.89. The van der Waals surface area contributed by atoms with Crippen LogP contribution in [0.1, 0.15) is 40.4 Å². The van der Waals surface area contributed by atoms with Crippen LogP contribution in [0.3, 0.4) is 0 Å². The number of hydrogen-bond donors (Lipinski definition) is 0. The van der Waals surface area contributed by atoms with E-state index in [4.69, 9.17) is 9.47 Å². The van der Waals surface area contributed by atoms with Crippen LogP contribution in [0.4, 0.5) is 0 Å². The first-order chi connectivity index (χ1) is 12.6. The topological polar surface area (TPSA) is 52.6 Å². The Kier molecular flexibility index (Phi) is 4.00. The van der Waals surface area contributed by atoms with Crippen molar-refractivity contribution in [3.63, 3.8) is 0 Å². The summed E-state index contributed by atoms with van der Waals surface area (Å²) < 4.78 is 11.8. The lowest BCUT2D eigenvalue weighted by molar-refractivity contribution is -0.157. The van der Waals surface area contributed by atoms with E-state index in [1.54, 1.807) is 19.1 Å². The van der Waals surface area contributed by atoms with Crippen molar-refractivity contribution >= 4 is 11.8 Å². The van der Waals surface area contributed by atoms with Crippen molar-refractivity contribution < 1.29 is 19.1 Å². The molecule has 0 bridgehead atoms. The molecule has 1 atom stereocenters. The molecule has 0 radical (unpaired) electrons. The summed E-state index contributed by atoms with van der Waals surface area (Å²) in [5.74, 6) is -0.575. The third-order valence-corrected chi connectivity index (χ3v) is 5.25. The van der Waals surface area contributed by atoms with Gasteiger partial charge in [-0.15, -0.1) is 0 Å². The maximum atomic E-state index is 13.0. The van der Waals surface area contributed by atoms with Crippen LogP contribution in [0.15, 0.2) is 60.7 Å². The van der Waals surface area contributed by atoms with Gasteiger partial charge in [0.25, 0.3) is 0 Å². The second-order valence-corrected chi connectivity index (χ2v) is 6.89. The van der Waals surface area contributed by atoms with E-state index in [-0.39, 0.29) is 11.7 Å². The van der Waals surface area contributed by atoms with Crippen molar-refractivity contribution in [3.05, 3.63) is 82.9 Å². The Morgan fingerprint density at radius 1 is 1.12 bits per heavy atom. The monoisotopic (exact) mass is 348 g/mol. The number of hydrogen-bond acceptors (Lipinski definition) is 4. The van der Waals surface area contributed by atoms with Crippen LogP contribution in [0.25, 0.3) is 0 Å². The molecule has 0 saturated carbocycles. The van der Waals surface area contributed by atoms with E-state index < -0.39 is 11.6 Å². The highest BCUT2D eigenvalue weighted by Crippen LogP contribution is 2.50. The maximum Gasteiger partial charge on any atom is 0.334 e. The number of carbonyl (C=O) groups is 2. The van der Waals surface area contributed by atoms with Gasteiger partial charge in [0, 0.05) is 40.4 Å². The highest BCUT2D eigenvalue weighted by Gasteiger charge is 2.53. The second kappa shape index (κ2) is 6.22. The summed E-state index contributed by atoms with van der Waals surface area (Å²) in [7, 11) is 0. The molecule has 26 heavy (non-hydrogen) atoms. The molecule has 2 aliphatic rings. The zero-order chi connectivity index (χ0) is 18.3. The van der Waals surface area contributed by atoms with Crippen LogP contribution in [0, 0.1) is 5.92 Å². The Labute approximate surface area is 152 Å². The molecule has 1 aliphatic heterocycles. The Balaban J connectivity index is 2.03. The van der Waals surface area contributed by atoms with Crippen molar-refractivity contribution in [2.24, 2.45) is 5.92 Å². The average molecular weight is 348 g/mol. The van der Waals surface area contributed by atoms with Crippen LogP contribution in [0.5, 0.6) is 0 Å². The van der Waals surface area contributed by atoms with Crippen LogP contribution < -0.4 is 0 Å². The van der Waals surface area contributed by atoms with E-state index in [9.17, 15) is 9.59 Å². The largest absolute Gasteiger partial charge is 0.445 e. The predicted octanol–water partition coefficient (Wildman–Crippen LogP) is 3.63. The Morgan fingerprint density at radius 2 is 1.69 bits per heavy atom. The normalized spacial score (nSPS) is 20.2. The Hall–Kier alpha value is -2.72. The molecule has 132 valence electrons. The van der Waals surface area contributed by atoms with E-state index in [1.165, 1.54) is 0 Å². The molecule has 1 fully saturated rings. The van der Waals surface area contributed by atoms with Gasteiger partial charge in [0.1, 0.15) is 0 Å². The lowest BCUT2D eigenvalue weighted by Crippen LogP contribution is -2.46. The van der Waals surface area contributed by atoms with Crippen molar-refractivity contribution in [3.8, 4) is 0 Å². The Bertz CT molecular complexity index is 856. The molecule has 4 rings (SSSR count). The molecule has 1 aliphatic carbocycles. The minimum atomic E-state index is -1.05. The van der Waals surface area contributed by atoms with Crippen LogP contribution in [-0.4, -0.2) is 25.0 Å². The molecule has 0 amide bonds. The molecule has 2 aromatic rings. The second-order valence-electron chi connectivity index (χ2n) is 6.89. The van der Waals surface area contributed by atoms with E-state index in [2.05, 4.69) is 6.58 Å². The third kappa shape index (κ3) is 2.33. The first-order valence-corrected chi connectivity index (χ1v) is 8.76. The van der Waals surface area contributed by atoms with Crippen LogP contribution in [-0.2, 0) is 19.9 Å². The minimum Gasteiger partial charge on any atom is -0.445 e. The van der Waals surface area contributed by atoms with Crippen molar-refractivity contribution in [2.45, 2.75) is 18.9 Å². The summed E-state index contributed by atoms with van der Waals surface area (Å²) in [6.07, 6.45) is 0.750. The van der Waals surface area contributed by atoms with Crippen LogP contribution in [0.2, 0.25) is 0 Å². The molecule has 2 aromatic carbocycles.